The van der Waals surface area contributed by atoms with E-state index < -0.39 is 0 Å². The smallest absolute Gasteiger partial charge is 0.236 e. The number of carbonyl (C=O) groups is 1. The van der Waals surface area contributed by atoms with Crippen molar-refractivity contribution >= 4 is 34.1 Å². The fraction of sp³-hybridized carbons (Fsp3) is 0.643. The van der Waals surface area contributed by atoms with Crippen LogP contribution in [0.1, 0.15) is 49.4 Å². The highest BCUT2D eigenvalue weighted by molar-refractivity contribution is 7.99. The SMILES string of the molecule is CCn1c(SCC(=O)Nc2nnc(C)s2)nnc1C1CCCC1. The minimum absolute atomic E-state index is 0.0979. The maximum Gasteiger partial charge on any atom is 0.236 e. The van der Waals surface area contributed by atoms with Crippen LogP contribution in [0.25, 0.3) is 0 Å². The molecule has 1 aliphatic carbocycles. The lowest BCUT2D eigenvalue weighted by molar-refractivity contribution is -0.113. The third-order valence-electron chi connectivity index (χ3n) is 3.89. The quantitative estimate of drug-likeness (QED) is 0.805. The van der Waals surface area contributed by atoms with Crippen molar-refractivity contribution in [2.45, 2.75) is 57.1 Å². The molecule has 0 atom stereocenters. The Bertz CT molecular complexity index is 677. The number of hydrogen-bond acceptors (Lipinski definition) is 7. The van der Waals surface area contributed by atoms with Gasteiger partial charge in [0.15, 0.2) is 5.16 Å². The Kier molecular flexibility index (Phi) is 5.27. The molecule has 1 fully saturated rings. The predicted octanol–water partition coefficient (Wildman–Crippen LogP) is 2.85. The number of nitrogens with one attached hydrogen (secondary N) is 1. The van der Waals surface area contributed by atoms with Crippen molar-refractivity contribution in [3.8, 4) is 0 Å². The largest absolute Gasteiger partial charge is 0.306 e. The fourth-order valence-corrected chi connectivity index (χ4v) is 4.24. The zero-order chi connectivity index (χ0) is 16.2. The van der Waals surface area contributed by atoms with Gasteiger partial charge in [-0.2, -0.15) is 0 Å². The Morgan fingerprint density at radius 1 is 1.30 bits per heavy atom. The number of hydrogen-bond donors (Lipinski definition) is 1. The van der Waals surface area contributed by atoms with Gasteiger partial charge in [0, 0.05) is 12.5 Å². The number of aromatic nitrogens is 5. The Morgan fingerprint density at radius 2 is 2.09 bits per heavy atom. The van der Waals surface area contributed by atoms with Crippen LogP contribution >= 0.6 is 23.1 Å². The molecule has 0 unspecified atom stereocenters. The number of thioether (sulfide) groups is 1. The maximum atomic E-state index is 12.0. The molecule has 1 N–H and O–H groups in total. The van der Waals surface area contributed by atoms with Gasteiger partial charge in [0.25, 0.3) is 0 Å². The van der Waals surface area contributed by atoms with Crippen LogP contribution in [0.15, 0.2) is 5.16 Å². The van der Waals surface area contributed by atoms with E-state index in [4.69, 9.17) is 0 Å². The molecule has 0 radical (unpaired) electrons. The molecule has 1 saturated carbocycles. The van der Waals surface area contributed by atoms with Crippen molar-refractivity contribution < 1.29 is 4.79 Å². The highest BCUT2D eigenvalue weighted by Gasteiger charge is 2.24. The van der Waals surface area contributed by atoms with E-state index in [0.717, 1.165) is 22.5 Å². The standard InChI is InChI=1S/C14H20N6OS2/c1-3-20-12(10-6-4-5-7-10)17-19-14(20)22-8-11(21)15-13-18-16-9(2)23-13/h10H,3-8H2,1-2H3,(H,15,18,21). The highest BCUT2D eigenvalue weighted by Crippen LogP contribution is 2.34. The van der Waals surface area contributed by atoms with E-state index in [0.29, 0.717) is 16.8 Å². The predicted molar refractivity (Wildman–Crippen MR) is 90.9 cm³/mol. The van der Waals surface area contributed by atoms with Crippen molar-refractivity contribution in [2.75, 3.05) is 11.1 Å². The lowest BCUT2D eigenvalue weighted by Crippen LogP contribution is -2.14. The van der Waals surface area contributed by atoms with Gasteiger partial charge in [-0.05, 0) is 26.7 Å². The summed E-state index contributed by atoms with van der Waals surface area (Å²) in [6.45, 7) is 4.78. The molecule has 0 bridgehead atoms. The average Bonchev–Trinajstić information content (AvgIpc) is 3.24. The first-order chi connectivity index (χ1) is 11.2. The molecule has 3 rings (SSSR count). The van der Waals surface area contributed by atoms with Gasteiger partial charge in [0.2, 0.25) is 11.0 Å². The second kappa shape index (κ2) is 7.39. The van der Waals surface area contributed by atoms with Crippen LogP contribution in [0.5, 0.6) is 0 Å². The molecular weight excluding hydrogens is 332 g/mol. The second-order valence-corrected chi connectivity index (χ2v) is 7.65. The summed E-state index contributed by atoms with van der Waals surface area (Å²) < 4.78 is 2.14. The summed E-state index contributed by atoms with van der Waals surface area (Å²) in [4.78, 5) is 12.0. The van der Waals surface area contributed by atoms with Crippen molar-refractivity contribution in [1.29, 1.82) is 0 Å². The average molecular weight is 352 g/mol. The molecule has 9 heteroatoms. The molecule has 2 aromatic heterocycles. The zero-order valence-electron chi connectivity index (χ0n) is 13.3. The van der Waals surface area contributed by atoms with Gasteiger partial charge >= 0.3 is 0 Å². The lowest BCUT2D eigenvalue weighted by Gasteiger charge is -2.11. The number of amides is 1. The molecule has 23 heavy (non-hydrogen) atoms. The number of anilines is 1. The first-order valence-corrected chi connectivity index (χ1v) is 9.63. The summed E-state index contributed by atoms with van der Waals surface area (Å²) in [7, 11) is 0. The number of aryl methyl sites for hydroxylation is 1. The summed E-state index contributed by atoms with van der Waals surface area (Å²) in [6.07, 6.45) is 4.93. The second-order valence-electron chi connectivity index (χ2n) is 5.53. The van der Waals surface area contributed by atoms with Gasteiger partial charge in [-0.25, -0.2) is 0 Å². The summed E-state index contributed by atoms with van der Waals surface area (Å²) >= 11 is 2.79. The van der Waals surface area contributed by atoms with Gasteiger partial charge in [-0.1, -0.05) is 35.9 Å². The summed E-state index contributed by atoms with van der Waals surface area (Å²) in [5.41, 5.74) is 0. The van der Waals surface area contributed by atoms with Crippen molar-refractivity contribution in [2.24, 2.45) is 0 Å². The molecule has 1 amide bonds. The van der Waals surface area contributed by atoms with Crippen molar-refractivity contribution in [3.05, 3.63) is 10.8 Å². The molecule has 0 spiro atoms. The first-order valence-electron chi connectivity index (χ1n) is 7.83. The van der Waals surface area contributed by atoms with Crippen LogP contribution in [0.4, 0.5) is 5.13 Å². The Labute approximate surface area is 143 Å². The molecule has 2 aromatic rings. The Balaban J connectivity index is 1.60. The molecule has 0 saturated heterocycles. The summed E-state index contributed by atoms with van der Waals surface area (Å²) in [5.74, 6) is 1.79. The van der Waals surface area contributed by atoms with Crippen LogP contribution in [0.3, 0.4) is 0 Å². The minimum atomic E-state index is -0.0979. The van der Waals surface area contributed by atoms with Crippen LogP contribution < -0.4 is 5.32 Å². The molecule has 1 aliphatic rings. The van der Waals surface area contributed by atoms with E-state index in [1.54, 1.807) is 0 Å². The Hall–Kier alpha value is -1.48. The lowest BCUT2D eigenvalue weighted by atomic mass is 10.1. The molecule has 0 aromatic carbocycles. The fourth-order valence-electron chi connectivity index (χ4n) is 2.82. The van der Waals surface area contributed by atoms with Crippen molar-refractivity contribution in [1.82, 2.24) is 25.0 Å². The van der Waals surface area contributed by atoms with Crippen LogP contribution in [0, 0.1) is 6.92 Å². The number of nitrogens with zero attached hydrogens (tertiary/aromatic N) is 5. The maximum absolute atomic E-state index is 12.0. The monoisotopic (exact) mass is 352 g/mol. The van der Waals surface area contributed by atoms with Gasteiger partial charge in [0.05, 0.1) is 5.75 Å². The van der Waals surface area contributed by atoms with E-state index in [9.17, 15) is 4.79 Å². The van der Waals surface area contributed by atoms with E-state index >= 15 is 0 Å². The topological polar surface area (TPSA) is 85.6 Å². The third-order valence-corrected chi connectivity index (χ3v) is 5.61. The zero-order valence-corrected chi connectivity index (χ0v) is 14.9. The van der Waals surface area contributed by atoms with E-state index in [-0.39, 0.29) is 5.91 Å². The molecular formula is C14H20N6OS2. The minimum Gasteiger partial charge on any atom is -0.306 e. The molecule has 0 aliphatic heterocycles. The summed E-state index contributed by atoms with van der Waals surface area (Å²) in [5, 5.41) is 21.4. The molecule has 124 valence electrons. The molecule has 7 nitrogen and oxygen atoms in total. The normalized spacial score (nSPS) is 15.2. The van der Waals surface area contributed by atoms with E-state index in [1.807, 2.05) is 6.92 Å². The van der Waals surface area contributed by atoms with Gasteiger partial charge in [-0.3, -0.25) is 10.1 Å². The van der Waals surface area contributed by atoms with Crippen LogP contribution in [0.2, 0.25) is 0 Å². The third kappa shape index (κ3) is 3.89. The van der Waals surface area contributed by atoms with Gasteiger partial charge in [-0.15, -0.1) is 20.4 Å². The van der Waals surface area contributed by atoms with Crippen LogP contribution in [-0.2, 0) is 11.3 Å². The van der Waals surface area contributed by atoms with E-state index in [2.05, 4.69) is 37.2 Å². The number of rotatable bonds is 6. The van der Waals surface area contributed by atoms with E-state index in [1.165, 1.54) is 48.8 Å². The van der Waals surface area contributed by atoms with Gasteiger partial charge in [0.1, 0.15) is 10.8 Å². The van der Waals surface area contributed by atoms with Gasteiger partial charge < -0.3 is 4.57 Å². The summed E-state index contributed by atoms with van der Waals surface area (Å²) in [6, 6.07) is 0. The highest BCUT2D eigenvalue weighted by atomic mass is 32.2. The van der Waals surface area contributed by atoms with Crippen LogP contribution in [-0.4, -0.2) is 36.6 Å². The number of carbonyl (C=O) groups excluding carboxylic acids is 1. The molecule has 2 heterocycles. The van der Waals surface area contributed by atoms with Crippen molar-refractivity contribution in [3.63, 3.8) is 0 Å². The Morgan fingerprint density at radius 3 is 2.74 bits per heavy atom. The first kappa shape index (κ1) is 16.4.